The van der Waals surface area contributed by atoms with E-state index in [9.17, 15) is 13.2 Å². The van der Waals surface area contributed by atoms with E-state index in [0.717, 1.165) is 5.56 Å². The molecule has 8 heteroatoms. The van der Waals surface area contributed by atoms with Crippen LogP contribution in [-0.2, 0) is 16.6 Å². The molecule has 0 fully saturated rings. The highest BCUT2D eigenvalue weighted by Crippen LogP contribution is 2.12. The van der Waals surface area contributed by atoms with E-state index in [1.807, 2.05) is 0 Å². The Kier molecular flexibility index (Phi) is 4.17. The maximum absolute atomic E-state index is 11.9. The number of nitrogens with one attached hydrogen (secondary N) is 1. The highest BCUT2D eigenvalue weighted by Gasteiger charge is 2.11. The number of carbonyl (C=O) groups is 1. The molecule has 1 aromatic heterocycles. The zero-order valence-corrected chi connectivity index (χ0v) is 12.3. The molecule has 3 N–H and O–H groups in total. The summed E-state index contributed by atoms with van der Waals surface area (Å²) in [6.45, 7) is 2.08. The zero-order valence-electron chi connectivity index (χ0n) is 10.7. The molecule has 0 atom stereocenters. The minimum absolute atomic E-state index is 0.0471. The first-order valence-corrected chi connectivity index (χ1v) is 8.10. The Morgan fingerprint density at radius 3 is 2.50 bits per heavy atom. The summed E-state index contributed by atoms with van der Waals surface area (Å²) in [4.78, 5) is 16.5. The molecule has 0 radical (unpaired) electrons. The number of hydrogen-bond acceptors (Lipinski definition) is 5. The van der Waals surface area contributed by atoms with Gasteiger partial charge in [-0.2, -0.15) is 0 Å². The van der Waals surface area contributed by atoms with Crippen LogP contribution >= 0.6 is 11.3 Å². The van der Waals surface area contributed by atoms with E-state index in [1.165, 1.54) is 23.5 Å². The van der Waals surface area contributed by atoms with Crippen molar-refractivity contribution in [2.45, 2.75) is 18.4 Å². The molecule has 2 aromatic rings. The summed E-state index contributed by atoms with van der Waals surface area (Å²) in [7, 11) is -3.69. The van der Waals surface area contributed by atoms with E-state index in [0.29, 0.717) is 17.1 Å². The molecular weight excluding hydrogens is 298 g/mol. The molecule has 1 amide bonds. The molecule has 0 saturated heterocycles. The van der Waals surface area contributed by atoms with Crippen molar-refractivity contribution < 1.29 is 13.2 Å². The summed E-state index contributed by atoms with van der Waals surface area (Å²) in [6.07, 6.45) is 0. The van der Waals surface area contributed by atoms with Gasteiger partial charge in [0.25, 0.3) is 5.91 Å². The molecule has 6 nitrogen and oxygen atoms in total. The molecule has 20 heavy (non-hydrogen) atoms. The minimum atomic E-state index is -3.69. The van der Waals surface area contributed by atoms with Crippen molar-refractivity contribution in [3.05, 3.63) is 45.9 Å². The van der Waals surface area contributed by atoms with Gasteiger partial charge < -0.3 is 5.32 Å². The third-order valence-corrected chi connectivity index (χ3v) is 4.51. The van der Waals surface area contributed by atoms with Gasteiger partial charge >= 0.3 is 0 Å². The number of nitrogens with zero attached hydrogens (tertiary/aromatic N) is 1. The molecule has 0 bridgehead atoms. The summed E-state index contributed by atoms with van der Waals surface area (Å²) in [6, 6.07) is 6.04. The van der Waals surface area contributed by atoms with Crippen molar-refractivity contribution in [3.8, 4) is 0 Å². The van der Waals surface area contributed by atoms with Crippen LogP contribution in [0.1, 0.15) is 20.9 Å². The first kappa shape index (κ1) is 14.6. The lowest BCUT2D eigenvalue weighted by Crippen LogP contribution is -2.22. The Morgan fingerprint density at radius 2 is 2.00 bits per heavy atom. The standard InChI is InChI=1S/C12H13N3O3S2/c1-8-11(19-7-15-8)12(16)14-6-9-2-4-10(5-3-9)20(13,17)18/h2-5,7H,6H2,1H3,(H,14,16)(H2,13,17,18). The second kappa shape index (κ2) is 5.70. The van der Waals surface area contributed by atoms with Crippen LogP contribution in [0.15, 0.2) is 34.7 Å². The van der Waals surface area contributed by atoms with E-state index in [-0.39, 0.29) is 10.8 Å². The van der Waals surface area contributed by atoms with Gasteiger partial charge in [0.05, 0.1) is 16.1 Å². The van der Waals surface area contributed by atoms with Crippen LogP contribution in [0.5, 0.6) is 0 Å². The molecule has 1 aromatic carbocycles. The topological polar surface area (TPSA) is 102 Å². The molecule has 0 saturated carbocycles. The third-order valence-electron chi connectivity index (χ3n) is 2.66. The molecular formula is C12H13N3O3S2. The predicted octanol–water partition coefficient (Wildman–Crippen LogP) is 1.03. The second-order valence-electron chi connectivity index (χ2n) is 4.14. The molecule has 106 valence electrons. The van der Waals surface area contributed by atoms with Gasteiger partial charge in [0, 0.05) is 6.54 Å². The number of aromatic nitrogens is 1. The first-order chi connectivity index (χ1) is 9.38. The molecule has 0 aliphatic rings. The number of benzene rings is 1. The van der Waals surface area contributed by atoms with E-state index in [1.54, 1.807) is 24.6 Å². The van der Waals surface area contributed by atoms with Gasteiger partial charge in [0.1, 0.15) is 4.88 Å². The Labute approximate surface area is 120 Å². The van der Waals surface area contributed by atoms with Gasteiger partial charge in [0.15, 0.2) is 0 Å². The largest absolute Gasteiger partial charge is 0.347 e. The Hall–Kier alpha value is -1.77. The maximum Gasteiger partial charge on any atom is 0.263 e. The van der Waals surface area contributed by atoms with Crippen LogP contribution in [0, 0.1) is 6.92 Å². The number of thiazole rings is 1. The molecule has 2 rings (SSSR count). The zero-order chi connectivity index (χ0) is 14.8. The van der Waals surface area contributed by atoms with Crippen LogP contribution in [0.25, 0.3) is 0 Å². The lowest BCUT2D eigenvalue weighted by molar-refractivity contribution is 0.0954. The molecule has 0 aliphatic carbocycles. The average Bonchev–Trinajstić information content (AvgIpc) is 2.82. The SMILES string of the molecule is Cc1ncsc1C(=O)NCc1ccc(S(N)(=O)=O)cc1. The van der Waals surface area contributed by atoms with Crippen molar-refractivity contribution in [1.82, 2.24) is 10.3 Å². The highest BCUT2D eigenvalue weighted by atomic mass is 32.2. The van der Waals surface area contributed by atoms with Crippen LogP contribution in [-0.4, -0.2) is 19.3 Å². The van der Waals surface area contributed by atoms with Gasteiger partial charge in [-0.15, -0.1) is 11.3 Å². The lowest BCUT2D eigenvalue weighted by atomic mass is 10.2. The smallest absolute Gasteiger partial charge is 0.263 e. The maximum atomic E-state index is 11.9. The second-order valence-corrected chi connectivity index (χ2v) is 6.55. The van der Waals surface area contributed by atoms with Crippen molar-refractivity contribution in [2.24, 2.45) is 5.14 Å². The monoisotopic (exact) mass is 311 g/mol. The summed E-state index contributed by atoms with van der Waals surface area (Å²) in [5.41, 5.74) is 3.09. The number of primary sulfonamides is 1. The summed E-state index contributed by atoms with van der Waals surface area (Å²) in [5.74, 6) is -0.194. The number of carbonyl (C=O) groups excluding carboxylic acids is 1. The summed E-state index contributed by atoms with van der Waals surface area (Å²) >= 11 is 1.28. The fraction of sp³-hybridized carbons (Fsp3) is 0.167. The van der Waals surface area contributed by atoms with E-state index in [4.69, 9.17) is 5.14 Å². The molecule has 0 spiro atoms. The number of nitrogens with two attached hydrogens (primary N) is 1. The Balaban J connectivity index is 2.02. The van der Waals surface area contributed by atoms with Gasteiger partial charge in [-0.3, -0.25) is 4.79 Å². The third kappa shape index (κ3) is 3.41. The molecule has 0 aliphatic heterocycles. The number of sulfonamides is 1. The van der Waals surface area contributed by atoms with Crippen LogP contribution < -0.4 is 10.5 Å². The van der Waals surface area contributed by atoms with Crippen LogP contribution in [0.4, 0.5) is 0 Å². The quantitative estimate of drug-likeness (QED) is 0.880. The minimum Gasteiger partial charge on any atom is -0.347 e. The molecule has 0 unspecified atom stereocenters. The Morgan fingerprint density at radius 1 is 1.35 bits per heavy atom. The van der Waals surface area contributed by atoms with E-state index < -0.39 is 10.0 Å². The summed E-state index contributed by atoms with van der Waals surface area (Å²) in [5, 5.41) is 7.76. The lowest BCUT2D eigenvalue weighted by Gasteiger charge is -2.05. The number of amides is 1. The normalized spacial score (nSPS) is 11.3. The fourth-order valence-electron chi connectivity index (χ4n) is 1.58. The van der Waals surface area contributed by atoms with Gasteiger partial charge in [0.2, 0.25) is 10.0 Å². The van der Waals surface area contributed by atoms with Gasteiger partial charge in [-0.25, -0.2) is 18.5 Å². The van der Waals surface area contributed by atoms with Crippen molar-refractivity contribution in [2.75, 3.05) is 0 Å². The predicted molar refractivity (Wildman–Crippen MR) is 75.8 cm³/mol. The van der Waals surface area contributed by atoms with Gasteiger partial charge in [-0.05, 0) is 24.6 Å². The molecule has 1 heterocycles. The average molecular weight is 311 g/mol. The van der Waals surface area contributed by atoms with E-state index >= 15 is 0 Å². The van der Waals surface area contributed by atoms with Crippen LogP contribution in [0.3, 0.4) is 0 Å². The van der Waals surface area contributed by atoms with Crippen molar-refractivity contribution in [1.29, 1.82) is 0 Å². The van der Waals surface area contributed by atoms with Gasteiger partial charge in [-0.1, -0.05) is 12.1 Å². The van der Waals surface area contributed by atoms with Crippen LogP contribution in [0.2, 0.25) is 0 Å². The van der Waals surface area contributed by atoms with E-state index in [2.05, 4.69) is 10.3 Å². The Bertz CT molecular complexity index is 721. The number of rotatable bonds is 4. The number of hydrogen-bond donors (Lipinski definition) is 2. The first-order valence-electron chi connectivity index (χ1n) is 5.68. The number of aryl methyl sites for hydroxylation is 1. The van der Waals surface area contributed by atoms with Crippen molar-refractivity contribution in [3.63, 3.8) is 0 Å². The summed E-state index contributed by atoms with van der Waals surface area (Å²) < 4.78 is 22.2. The fourth-order valence-corrected chi connectivity index (χ4v) is 2.81. The highest BCUT2D eigenvalue weighted by molar-refractivity contribution is 7.89. The van der Waals surface area contributed by atoms with Crippen molar-refractivity contribution >= 4 is 27.3 Å².